The largest absolute Gasteiger partial charge is 0.385 e. The molecule has 0 saturated carbocycles. The topological polar surface area (TPSA) is 47.4 Å². The molecule has 2 atom stereocenters. The quantitative estimate of drug-likeness (QED) is 0.749. The van der Waals surface area contributed by atoms with Crippen LogP contribution in [0.3, 0.4) is 0 Å². The number of nitrogens with zero attached hydrogens (tertiary/aromatic N) is 3. The number of hydrogen-bond acceptors (Lipinski definition) is 4. The van der Waals surface area contributed by atoms with Crippen molar-refractivity contribution in [2.45, 2.75) is 31.7 Å². The van der Waals surface area contributed by atoms with Gasteiger partial charge in [0.25, 0.3) is 5.56 Å². The maximum atomic E-state index is 12.7. The third kappa shape index (κ3) is 3.60. The van der Waals surface area contributed by atoms with Crippen molar-refractivity contribution >= 4 is 0 Å². The smallest absolute Gasteiger partial charge is 0.251 e. The molecular formula is C21H27N3O2. The zero-order chi connectivity index (χ0) is 17.9. The lowest BCUT2D eigenvalue weighted by Crippen LogP contribution is -2.47. The van der Waals surface area contributed by atoms with Gasteiger partial charge in [0.2, 0.25) is 0 Å². The summed E-state index contributed by atoms with van der Waals surface area (Å²) in [7, 11) is 1.76. The fourth-order valence-electron chi connectivity index (χ4n) is 4.52. The molecule has 2 aliphatic heterocycles. The molecule has 0 spiro atoms. The molecular weight excluding hydrogens is 326 g/mol. The van der Waals surface area contributed by atoms with E-state index in [0.717, 1.165) is 50.3 Å². The molecule has 5 nitrogen and oxygen atoms in total. The van der Waals surface area contributed by atoms with Crippen molar-refractivity contribution in [3.8, 4) is 11.1 Å². The zero-order valence-corrected chi connectivity index (χ0v) is 15.4. The van der Waals surface area contributed by atoms with Gasteiger partial charge in [-0.1, -0.05) is 6.07 Å². The highest BCUT2D eigenvalue weighted by molar-refractivity contribution is 5.62. The lowest BCUT2D eigenvalue weighted by molar-refractivity contribution is 0.114. The van der Waals surface area contributed by atoms with E-state index in [2.05, 4.69) is 16.0 Å². The molecule has 4 rings (SSSR count). The van der Waals surface area contributed by atoms with Gasteiger partial charge in [0.05, 0.1) is 0 Å². The minimum atomic E-state index is 0.129. The maximum Gasteiger partial charge on any atom is 0.251 e. The van der Waals surface area contributed by atoms with Gasteiger partial charge in [0, 0.05) is 69.0 Å². The van der Waals surface area contributed by atoms with Crippen molar-refractivity contribution in [1.82, 2.24) is 14.5 Å². The molecule has 26 heavy (non-hydrogen) atoms. The number of likely N-dealkylation sites (tertiary alicyclic amines) is 1. The van der Waals surface area contributed by atoms with E-state index in [1.807, 2.05) is 22.9 Å². The van der Waals surface area contributed by atoms with Crippen LogP contribution in [0.4, 0.5) is 0 Å². The fourth-order valence-corrected chi connectivity index (χ4v) is 4.52. The number of hydrogen-bond donors (Lipinski definition) is 0. The van der Waals surface area contributed by atoms with Gasteiger partial charge < -0.3 is 14.2 Å². The number of piperidine rings is 1. The van der Waals surface area contributed by atoms with Crippen LogP contribution in [0.15, 0.2) is 41.5 Å². The predicted molar refractivity (Wildman–Crippen MR) is 102 cm³/mol. The summed E-state index contributed by atoms with van der Waals surface area (Å²) in [4.78, 5) is 19.5. The normalized spacial score (nSPS) is 22.2. The maximum absolute atomic E-state index is 12.7. The summed E-state index contributed by atoms with van der Waals surface area (Å²) >= 11 is 0. The Labute approximate surface area is 154 Å². The minimum Gasteiger partial charge on any atom is -0.385 e. The summed E-state index contributed by atoms with van der Waals surface area (Å²) in [6, 6.07) is 7.93. The highest BCUT2D eigenvalue weighted by atomic mass is 16.5. The first-order valence-electron chi connectivity index (χ1n) is 9.61. The SMILES string of the molecule is COCCCCN1C[C@@H]2C[C@H](C1)c1cc(-c3cccnc3)cc(=O)n1C2. The Bertz CT molecular complexity index is 803. The van der Waals surface area contributed by atoms with Crippen molar-refractivity contribution in [2.75, 3.05) is 33.4 Å². The van der Waals surface area contributed by atoms with E-state index in [1.54, 1.807) is 19.4 Å². The number of fused-ring (bicyclic) bond motifs is 4. The Morgan fingerprint density at radius 3 is 2.92 bits per heavy atom. The molecule has 0 radical (unpaired) electrons. The van der Waals surface area contributed by atoms with Crippen LogP contribution < -0.4 is 5.56 Å². The summed E-state index contributed by atoms with van der Waals surface area (Å²) in [6.07, 6.45) is 7.09. The summed E-state index contributed by atoms with van der Waals surface area (Å²) in [5.74, 6) is 1.04. The molecule has 0 N–H and O–H groups in total. The molecule has 2 aliphatic rings. The minimum absolute atomic E-state index is 0.129. The van der Waals surface area contributed by atoms with Gasteiger partial charge in [-0.05, 0) is 49.4 Å². The van der Waals surface area contributed by atoms with Crippen LogP contribution in [-0.2, 0) is 11.3 Å². The van der Waals surface area contributed by atoms with Crippen LogP contribution in [0.2, 0.25) is 0 Å². The Balaban J connectivity index is 1.56. The molecule has 4 heterocycles. The Hall–Kier alpha value is -1.98. The second-order valence-electron chi connectivity index (χ2n) is 7.62. The van der Waals surface area contributed by atoms with Crippen LogP contribution in [0.5, 0.6) is 0 Å². The number of aromatic nitrogens is 2. The van der Waals surface area contributed by atoms with Gasteiger partial charge >= 0.3 is 0 Å². The monoisotopic (exact) mass is 353 g/mol. The van der Waals surface area contributed by atoms with E-state index >= 15 is 0 Å². The van der Waals surface area contributed by atoms with Crippen molar-refractivity contribution in [3.05, 3.63) is 52.7 Å². The first kappa shape index (κ1) is 17.4. The number of methoxy groups -OCH3 is 1. The highest BCUT2D eigenvalue weighted by Crippen LogP contribution is 2.36. The van der Waals surface area contributed by atoms with E-state index in [1.165, 1.54) is 18.5 Å². The average molecular weight is 353 g/mol. The third-order valence-electron chi connectivity index (χ3n) is 5.70. The molecule has 0 unspecified atom stereocenters. The van der Waals surface area contributed by atoms with Crippen molar-refractivity contribution in [1.29, 1.82) is 0 Å². The third-order valence-corrected chi connectivity index (χ3v) is 5.70. The molecule has 0 aliphatic carbocycles. The first-order valence-corrected chi connectivity index (χ1v) is 9.61. The molecule has 5 heteroatoms. The lowest BCUT2D eigenvalue weighted by Gasteiger charge is -2.43. The Morgan fingerprint density at radius 1 is 1.19 bits per heavy atom. The number of unbranched alkanes of at least 4 members (excludes halogenated alkanes) is 1. The molecule has 138 valence electrons. The van der Waals surface area contributed by atoms with Crippen molar-refractivity contribution in [2.24, 2.45) is 5.92 Å². The standard InChI is InChI=1S/C21H27N3O2/c1-26-8-3-2-7-23-13-16-9-19(15-23)20-10-18(11-21(25)24(20)14-16)17-5-4-6-22-12-17/h4-6,10-12,16,19H,2-3,7-9,13-15H2,1H3/t16-,19+/m0/s1. The Kier molecular flexibility index (Phi) is 5.18. The summed E-state index contributed by atoms with van der Waals surface area (Å²) in [5.41, 5.74) is 3.34. The molecule has 2 aromatic rings. The van der Waals surface area contributed by atoms with Crippen molar-refractivity contribution < 1.29 is 4.74 Å². The number of ether oxygens (including phenoxy) is 1. The van der Waals surface area contributed by atoms with Crippen LogP contribution >= 0.6 is 0 Å². The number of pyridine rings is 2. The Morgan fingerprint density at radius 2 is 2.12 bits per heavy atom. The van der Waals surface area contributed by atoms with E-state index < -0.39 is 0 Å². The van der Waals surface area contributed by atoms with Crippen molar-refractivity contribution in [3.63, 3.8) is 0 Å². The summed E-state index contributed by atoms with van der Waals surface area (Å²) in [6.45, 7) is 4.99. The lowest BCUT2D eigenvalue weighted by atomic mass is 9.82. The van der Waals surface area contributed by atoms with Crippen LogP contribution in [-0.4, -0.2) is 47.8 Å². The van der Waals surface area contributed by atoms with Gasteiger partial charge in [0.1, 0.15) is 0 Å². The van der Waals surface area contributed by atoms with Crippen LogP contribution in [0, 0.1) is 5.92 Å². The average Bonchev–Trinajstić information content (AvgIpc) is 2.67. The van der Waals surface area contributed by atoms with Crippen LogP contribution in [0.1, 0.15) is 30.9 Å². The van der Waals surface area contributed by atoms with Gasteiger partial charge in [-0.15, -0.1) is 0 Å². The molecule has 0 amide bonds. The van der Waals surface area contributed by atoms with Gasteiger partial charge in [0.15, 0.2) is 0 Å². The fraction of sp³-hybridized carbons (Fsp3) is 0.524. The molecule has 1 saturated heterocycles. The predicted octanol–water partition coefficient (Wildman–Crippen LogP) is 2.76. The van der Waals surface area contributed by atoms with Gasteiger partial charge in [-0.2, -0.15) is 0 Å². The van der Waals surface area contributed by atoms with E-state index in [9.17, 15) is 4.79 Å². The number of rotatable bonds is 6. The molecule has 2 bridgehead atoms. The summed E-state index contributed by atoms with van der Waals surface area (Å²) in [5, 5.41) is 0. The molecule has 2 aromatic heterocycles. The summed E-state index contributed by atoms with van der Waals surface area (Å²) < 4.78 is 7.17. The van der Waals surface area contributed by atoms with Gasteiger partial charge in [-0.3, -0.25) is 9.78 Å². The molecule has 0 aromatic carbocycles. The molecule has 1 fully saturated rings. The van der Waals surface area contributed by atoms with E-state index in [4.69, 9.17) is 4.74 Å². The van der Waals surface area contributed by atoms with E-state index in [0.29, 0.717) is 11.8 Å². The first-order chi connectivity index (χ1) is 12.7. The second kappa shape index (κ2) is 7.72. The van der Waals surface area contributed by atoms with E-state index in [-0.39, 0.29) is 5.56 Å². The van der Waals surface area contributed by atoms with Crippen LogP contribution in [0.25, 0.3) is 11.1 Å². The highest BCUT2D eigenvalue weighted by Gasteiger charge is 2.34. The second-order valence-corrected chi connectivity index (χ2v) is 7.62. The van der Waals surface area contributed by atoms with Gasteiger partial charge in [-0.25, -0.2) is 0 Å². The zero-order valence-electron chi connectivity index (χ0n) is 15.4.